The van der Waals surface area contributed by atoms with E-state index >= 15 is 0 Å². The number of rotatable bonds is 5. The molecule has 1 amide bonds. The number of fused-ring (bicyclic) bond motifs is 1. The van der Waals surface area contributed by atoms with Crippen LogP contribution < -0.4 is 11.1 Å². The quantitative estimate of drug-likeness (QED) is 0.526. The van der Waals surface area contributed by atoms with E-state index < -0.39 is 5.91 Å². The lowest BCUT2D eigenvalue weighted by Gasteiger charge is -2.14. The number of nitrogens with two attached hydrogens (primary N) is 1. The largest absolute Gasteiger partial charge is 0.451 e. The first-order valence-electron chi connectivity index (χ1n) is 9.53. The highest BCUT2D eigenvalue weighted by molar-refractivity contribution is 5.90. The van der Waals surface area contributed by atoms with Gasteiger partial charge >= 0.3 is 0 Å². The number of benzene rings is 1. The van der Waals surface area contributed by atoms with Crippen LogP contribution in [0.1, 0.15) is 38.6 Å². The second kappa shape index (κ2) is 7.13. The van der Waals surface area contributed by atoms with Gasteiger partial charge in [-0.05, 0) is 62.6 Å². The number of nitrogens with zero attached hydrogens (tertiary/aromatic N) is 2. The van der Waals surface area contributed by atoms with E-state index in [1.165, 1.54) is 16.7 Å². The molecule has 4 rings (SSSR count). The molecule has 6 heteroatoms. The summed E-state index contributed by atoms with van der Waals surface area (Å²) < 4.78 is 7.69. The number of nitrogens with one attached hydrogen (secondary N) is 1. The monoisotopic (exact) mass is 388 g/mol. The minimum absolute atomic E-state index is 0.142. The molecule has 0 spiro atoms. The molecule has 0 aliphatic carbocycles. The lowest BCUT2D eigenvalue weighted by molar-refractivity contribution is 0.0974. The van der Waals surface area contributed by atoms with E-state index in [4.69, 9.17) is 15.1 Å². The molecule has 3 aromatic heterocycles. The van der Waals surface area contributed by atoms with E-state index in [-0.39, 0.29) is 5.76 Å². The van der Waals surface area contributed by atoms with Gasteiger partial charge in [-0.3, -0.25) is 4.79 Å². The molecule has 0 aliphatic rings. The summed E-state index contributed by atoms with van der Waals surface area (Å²) in [6, 6.07) is 11.7. The summed E-state index contributed by atoms with van der Waals surface area (Å²) in [5.41, 5.74) is 13.7. The van der Waals surface area contributed by atoms with Crippen molar-refractivity contribution < 1.29 is 9.21 Å². The number of aromatic nitrogens is 2. The summed E-state index contributed by atoms with van der Waals surface area (Å²) in [6.07, 6.45) is 1.97. The van der Waals surface area contributed by atoms with E-state index in [0.29, 0.717) is 12.3 Å². The average molecular weight is 388 g/mol. The Morgan fingerprint density at radius 3 is 2.52 bits per heavy atom. The topological polar surface area (TPSA) is 85.6 Å². The Labute approximate surface area is 169 Å². The molecule has 148 valence electrons. The van der Waals surface area contributed by atoms with Crippen LogP contribution in [0.25, 0.3) is 17.0 Å². The Bertz CT molecular complexity index is 1210. The van der Waals surface area contributed by atoms with Crippen LogP contribution in [-0.2, 0) is 6.54 Å². The predicted octanol–water partition coefficient (Wildman–Crippen LogP) is 4.54. The van der Waals surface area contributed by atoms with Crippen molar-refractivity contribution in [2.45, 2.75) is 34.2 Å². The minimum atomic E-state index is -0.583. The van der Waals surface area contributed by atoms with Gasteiger partial charge in [0.2, 0.25) is 0 Å². The Balaban J connectivity index is 1.79. The first-order valence-corrected chi connectivity index (χ1v) is 9.53. The highest BCUT2D eigenvalue weighted by Gasteiger charge is 2.15. The smallest absolute Gasteiger partial charge is 0.284 e. The van der Waals surface area contributed by atoms with Gasteiger partial charge in [-0.2, -0.15) is 0 Å². The van der Waals surface area contributed by atoms with Gasteiger partial charge in [0.05, 0.1) is 11.4 Å². The fraction of sp³-hybridized carbons (Fsp3) is 0.217. The van der Waals surface area contributed by atoms with Gasteiger partial charge in [0.1, 0.15) is 5.76 Å². The fourth-order valence-electron chi connectivity index (χ4n) is 3.57. The summed E-state index contributed by atoms with van der Waals surface area (Å²) in [6.45, 7) is 8.95. The molecule has 0 saturated heterocycles. The number of amides is 1. The van der Waals surface area contributed by atoms with Crippen molar-refractivity contribution >= 4 is 17.2 Å². The number of hydrogen-bond acceptors (Lipinski definition) is 4. The standard InChI is InChI=1S/C23H24N4O2/c1-13-6-5-7-14(2)18(13)11-25-19-10-17(20-8-9-21(29-20)22(24)28)12-27-16(4)15(3)26-23(19)27/h5-10,12,25H,11H2,1-4H3,(H2,24,28). The first-order chi connectivity index (χ1) is 13.8. The maximum atomic E-state index is 11.4. The first kappa shape index (κ1) is 18.8. The van der Waals surface area contributed by atoms with Crippen LogP contribution >= 0.6 is 0 Å². The van der Waals surface area contributed by atoms with Crippen molar-refractivity contribution in [2.75, 3.05) is 5.32 Å². The molecule has 4 aromatic rings. The van der Waals surface area contributed by atoms with E-state index in [0.717, 1.165) is 28.3 Å². The Morgan fingerprint density at radius 2 is 1.86 bits per heavy atom. The number of carbonyl (C=O) groups is 1. The summed E-state index contributed by atoms with van der Waals surface area (Å²) in [4.78, 5) is 16.1. The van der Waals surface area contributed by atoms with Gasteiger partial charge in [-0.1, -0.05) is 18.2 Å². The average Bonchev–Trinajstić information content (AvgIpc) is 3.28. The third-order valence-electron chi connectivity index (χ3n) is 5.43. The SMILES string of the molecule is Cc1cccc(C)c1CNc1cc(-c2ccc(C(N)=O)o2)cn2c(C)c(C)nc12. The summed E-state index contributed by atoms with van der Waals surface area (Å²) in [7, 11) is 0. The van der Waals surface area contributed by atoms with E-state index in [1.54, 1.807) is 12.1 Å². The van der Waals surface area contributed by atoms with E-state index in [9.17, 15) is 4.79 Å². The van der Waals surface area contributed by atoms with Crippen molar-refractivity contribution in [3.05, 3.63) is 76.4 Å². The van der Waals surface area contributed by atoms with Crippen molar-refractivity contribution in [2.24, 2.45) is 5.73 Å². The summed E-state index contributed by atoms with van der Waals surface area (Å²) in [5.74, 6) is 0.144. The number of carbonyl (C=O) groups excluding carboxylic acids is 1. The molecule has 0 saturated carbocycles. The molecule has 0 bridgehead atoms. The maximum absolute atomic E-state index is 11.4. The zero-order valence-corrected chi connectivity index (χ0v) is 17.0. The Kier molecular flexibility index (Phi) is 4.62. The van der Waals surface area contributed by atoms with Crippen LogP contribution in [0.5, 0.6) is 0 Å². The third-order valence-corrected chi connectivity index (χ3v) is 5.43. The van der Waals surface area contributed by atoms with Gasteiger partial charge in [-0.25, -0.2) is 4.98 Å². The number of pyridine rings is 1. The maximum Gasteiger partial charge on any atom is 0.284 e. The summed E-state index contributed by atoms with van der Waals surface area (Å²) >= 11 is 0. The zero-order chi connectivity index (χ0) is 20.7. The molecule has 6 nitrogen and oxygen atoms in total. The van der Waals surface area contributed by atoms with Crippen LogP contribution in [0.2, 0.25) is 0 Å². The molecule has 0 fully saturated rings. The Morgan fingerprint density at radius 1 is 1.14 bits per heavy atom. The molecule has 0 atom stereocenters. The lowest BCUT2D eigenvalue weighted by Crippen LogP contribution is -2.09. The number of anilines is 1. The number of aryl methyl sites for hydroxylation is 4. The number of furan rings is 1. The second-order valence-electron chi connectivity index (χ2n) is 7.37. The van der Waals surface area contributed by atoms with Crippen LogP contribution in [0.3, 0.4) is 0 Å². The molecule has 1 aromatic carbocycles. The molecule has 29 heavy (non-hydrogen) atoms. The molecule has 3 N–H and O–H groups in total. The van der Waals surface area contributed by atoms with Crippen molar-refractivity contribution in [3.8, 4) is 11.3 Å². The van der Waals surface area contributed by atoms with E-state index in [2.05, 4.69) is 37.4 Å². The zero-order valence-electron chi connectivity index (χ0n) is 17.0. The predicted molar refractivity (Wildman–Crippen MR) is 114 cm³/mol. The van der Waals surface area contributed by atoms with E-state index in [1.807, 2.05) is 30.5 Å². The molecule has 0 unspecified atom stereocenters. The van der Waals surface area contributed by atoms with Gasteiger partial charge in [-0.15, -0.1) is 0 Å². The highest BCUT2D eigenvalue weighted by atomic mass is 16.3. The minimum Gasteiger partial charge on any atom is -0.451 e. The number of imidazole rings is 1. The lowest BCUT2D eigenvalue weighted by atomic mass is 10.0. The normalized spacial score (nSPS) is 11.2. The molecular weight excluding hydrogens is 364 g/mol. The van der Waals surface area contributed by atoms with Crippen LogP contribution in [-0.4, -0.2) is 15.3 Å². The van der Waals surface area contributed by atoms with Crippen molar-refractivity contribution in [1.29, 1.82) is 0 Å². The second-order valence-corrected chi connectivity index (χ2v) is 7.37. The third kappa shape index (κ3) is 3.38. The molecule has 3 heterocycles. The van der Waals surface area contributed by atoms with Crippen molar-refractivity contribution in [3.63, 3.8) is 0 Å². The number of primary amides is 1. The van der Waals surface area contributed by atoms with Crippen LogP contribution in [0.15, 0.2) is 47.0 Å². The van der Waals surface area contributed by atoms with Crippen LogP contribution in [0.4, 0.5) is 5.69 Å². The Hall–Kier alpha value is -3.54. The highest BCUT2D eigenvalue weighted by Crippen LogP contribution is 2.30. The molecular formula is C23H24N4O2. The van der Waals surface area contributed by atoms with Gasteiger partial charge in [0, 0.05) is 24.0 Å². The van der Waals surface area contributed by atoms with Crippen molar-refractivity contribution in [1.82, 2.24) is 9.38 Å². The van der Waals surface area contributed by atoms with Gasteiger partial charge < -0.3 is 19.9 Å². The summed E-state index contributed by atoms with van der Waals surface area (Å²) in [5, 5.41) is 3.55. The fourth-order valence-corrected chi connectivity index (χ4v) is 3.57. The van der Waals surface area contributed by atoms with Gasteiger partial charge in [0.25, 0.3) is 5.91 Å². The van der Waals surface area contributed by atoms with Gasteiger partial charge in [0.15, 0.2) is 11.4 Å². The molecule has 0 aliphatic heterocycles. The molecule has 0 radical (unpaired) electrons. The number of hydrogen-bond donors (Lipinski definition) is 2. The van der Waals surface area contributed by atoms with Crippen LogP contribution in [0, 0.1) is 27.7 Å².